The predicted octanol–water partition coefficient (Wildman–Crippen LogP) is 1.24. The smallest absolute Gasteiger partial charge is 0.257 e. The van der Waals surface area contributed by atoms with Gasteiger partial charge in [0.1, 0.15) is 11.6 Å². The highest BCUT2D eigenvalue weighted by atomic mass is 16.2. The fourth-order valence-electron chi connectivity index (χ4n) is 3.09. The minimum absolute atomic E-state index is 0.0375. The normalized spacial score (nSPS) is 13.2. The monoisotopic (exact) mass is 355 g/mol. The van der Waals surface area contributed by atoms with Gasteiger partial charge in [-0.15, -0.1) is 0 Å². The van der Waals surface area contributed by atoms with Crippen LogP contribution in [0.2, 0.25) is 0 Å². The molecule has 3 heterocycles. The average molecular weight is 355 g/mol. The quantitative estimate of drug-likeness (QED) is 0.884. The van der Waals surface area contributed by atoms with Gasteiger partial charge in [-0.05, 0) is 18.6 Å². The maximum atomic E-state index is 13.0. The zero-order valence-electron chi connectivity index (χ0n) is 15.9. The fraction of sp³-hybridized carbons (Fsp3) is 0.444. The molecule has 0 unspecified atom stereocenters. The van der Waals surface area contributed by atoms with E-state index >= 15 is 0 Å². The number of anilines is 3. The molecule has 2 aromatic heterocycles. The number of hydrogen-bond acceptors (Lipinski definition) is 7. The molecule has 0 atom stereocenters. The van der Waals surface area contributed by atoms with Gasteiger partial charge in [0.15, 0.2) is 0 Å². The Balaban J connectivity index is 1.95. The molecule has 0 radical (unpaired) electrons. The van der Waals surface area contributed by atoms with Gasteiger partial charge in [-0.3, -0.25) is 4.79 Å². The molecule has 0 saturated heterocycles. The lowest BCUT2D eigenvalue weighted by atomic mass is 10.0. The second-order valence-corrected chi connectivity index (χ2v) is 6.69. The molecule has 3 rings (SSSR count). The van der Waals surface area contributed by atoms with Crippen molar-refractivity contribution in [3.8, 4) is 0 Å². The van der Waals surface area contributed by atoms with E-state index in [-0.39, 0.29) is 5.91 Å². The van der Waals surface area contributed by atoms with Crippen LogP contribution in [0.5, 0.6) is 0 Å². The first kappa shape index (κ1) is 17.9. The van der Waals surface area contributed by atoms with Gasteiger partial charge in [0, 0.05) is 53.5 Å². The van der Waals surface area contributed by atoms with E-state index in [1.54, 1.807) is 25.4 Å². The zero-order valence-corrected chi connectivity index (χ0v) is 15.9. The Kier molecular flexibility index (Phi) is 4.92. The van der Waals surface area contributed by atoms with Crippen LogP contribution in [0.15, 0.2) is 18.3 Å². The summed E-state index contributed by atoms with van der Waals surface area (Å²) < 4.78 is 0. The minimum atomic E-state index is -0.0375. The van der Waals surface area contributed by atoms with Crippen molar-refractivity contribution >= 4 is 23.5 Å². The summed E-state index contributed by atoms with van der Waals surface area (Å²) in [6.07, 6.45) is 2.41. The lowest BCUT2D eigenvalue weighted by molar-refractivity contribution is 0.0732. The molecule has 0 bridgehead atoms. The van der Waals surface area contributed by atoms with Crippen molar-refractivity contribution in [3.05, 3.63) is 35.2 Å². The van der Waals surface area contributed by atoms with Crippen LogP contribution in [0.1, 0.15) is 21.6 Å². The summed E-state index contributed by atoms with van der Waals surface area (Å²) in [6, 6.07) is 3.58. The molecule has 1 amide bonds. The molecule has 0 saturated carbocycles. The third kappa shape index (κ3) is 3.26. The summed E-state index contributed by atoms with van der Waals surface area (Å²) in [5.41, 5.74) is 2.60. The molecular weight excluding hydrogens is 330 g/mol. The number of fused-ring (bicyclic) bond motifs is 1. The van der Waals surface area contributed by atoms with E-state index in [4.69, 9.17) is 0 Å². The highest BCUT2D eigenvalue weighted by Gasteiger charge is 2.28. The number of nitrogens with zero attached hydrogens (tertiary/aromatic N) is 6. The predicted molar refractivity (Wildman–Crippen MR) is 103 cm³/mol. The Morgan fingerprint density at radius 3 is 2.62 bits per heavy atom. The highest BCUT2D eigenvalue weighted by Crippen LogP contribution is 2.28. The van der Waals surface area contributed by atoms with Gasteiger partial charge in [0.05, 0.1) is 17.8 Å². The van der Waals surface area contributed by atoms with Crippen molar-refractivity contribution in [2.45, 2.75) is 13.0 Å². The van der Waals surface area contributed by atoms with Gasteiger partial charge in [-0.1, -0.05) is 0 Å². The Bertz CT molecular complexity index is 819. The second-order valence-electron chi connectivity index (χ2n) is 6.69. The molecule has 8 nitrogen and oxygen atoms in total. The summed E-state index contributed by atoms with van der Waals surface area (Å²) in [4.78, 5) is 32.3. The lowest BCUT2D eigenvalue weighted by Crippen LogP contribution is -2.38. The molecule has 26 heavy (non-hydrogen) atoms. The number of carbonyl (C=O) groups excluding carboxylic acids is 1. The topological polar surface area (TPSA) is 77.5 Å². The van der Waals surface area contributed by atoms with Gasteiger partial charge >= 0.3 is 0 Å². The molecule has 1 N–H and O–H groups in total. The Morgan fingerprint density at radius 1 is 1.19 bits per heavy atom. The average Bonchev–Trinajstić information content (AvgIpc) is 2.65. The largest absolute Gasteiger partial charge is 0.372 e. The summed E-state index contributed by atoms with van der Waals surface area (Å²) in [5.74, 6) is 2.13. The zero-order chi connectivity index (χ0) is 18.8. The molecule has 2 aromatic rings. The molecule has 0 aliphatic carbocycles. The van der Waals surface area contributed by atoms with E-state index in [1.165, 1.54) is 0 Å². The molecule has 8 heteroatoms. The fourth-order valence-corrected chi connectivity index (χ4v) is 3.09. The highest BCUT2D eigenvalue weighted by molar-refractivity contribution is 5.98. The number of pyridine rings is 1. The first-order chi connectivity index (χ1) is 12.4. The van der Waals surface area contributed by atoms with E-state index in [1.807, 2.05) is 42.9 Å². The van der Waals surface area contributed by atoms with Crippen molar-refractivity contribution in [1.82, 2.24) is 19.9 Å². The van der Waals surface area contributed by atoms with E-state index in [9.17, 15) is 4.79 Å². The second kappa shape index (κ2) is 7.15. The Morgan fingerprint density at radius 2 is 1.96 bits per heavy atom. The number of nitrogens with one attached hydrogen (secondary N) is 1. The Hall–Kier alpha value is -2.90. The van der Waals surface area contributed by atoms with E-state index in [2.05, 4.69) is 20.3 Å². The summed E-state index contributed by atoms with van der Waals surface area (Å²) in [6.45, 7) is 1.10. The first-order valence-corrected chi connectivity index (χ1v) is 8.58. The first-order valence-electron chi connectivity index (χ1n) is 8.58. The van der Waals surface area contributed by atoms with Crippen molar-refractivity contribution in [2.24, 2.45) is 0 Å². The van der Waals surface area contributed by atoms with E-state index < -0.39 is 0 Å². The van der Waals surface area contributed by atoms with Crippen LogP contribution in [0.4, 0.5) is 17.6 Å². The van der Waals surface area contributed by atoms with Crippen LogP contribution in [0, 0.1) is 0 Å². The van der Waals surface area contributed by atoms with Crippen molar-refractivity contribution < 1.29 is 4.79 Å². The molecule has 138 valence electrons. The number of rotatable bonds is 4. The molecule has 1 aliphatic heterocycles. The maximum absolute atomic E-state index is 13.0. The Labute approximate surface area is 153 Å². The van der Waals surface area contributed by atoms with Crippen molar-refractivity contribution in [2.75, 3.05) is 56.9 Å². The number of carbonyl (C=O) groups is 1. The maximum Gasteiger partial charge on any atom is 0.257 e. The molecule has 0 fully saturated rings. The lowest BCUT2D eigenvalue weighted by Gasteiger charge is -2.31. The van der Waals surface area contributed by atoms with Crippen molar-refractivity contribution in [3.63, 3.8) is 0 Å². The minimum Gasteiger partial charge on any atom is -0.372 e. The van der Waals surface area contributed by atoms with Crippen LogP contribution < -0.4 is 15.1 Å². The van der Waals surface area contributed by atoms with Gasteiger partial charge < -0.3 is 20.0 Å². The molecule has 1 aliphatic rings. The number of amides is 1. The molecular formula is C18H25N7O. The van der Waals surface area contributed by atoms with Crippen molar-refractivity contribution in [1.29, 1.82) is 0 Å². The van der Waals surface area contributed by atoms with Crippen LogP contribution in [-0.4, -0.2) is 67.5 Å². The van der Waals surface area contributed by atoms with Gasteiger partial charge in [0.25, 0.3) is 5.91 Å². The van der Waals surface area contributed by atoms with Gasteiger partial charge in [-0.25, -0.2) is 9.97 Å². The van der Waals surface area contributed by atoms with E-state index in [0.29, 0.717) is 30.4 Å². The molecule has 0 spiro atoms. The standard InChI is InChI=1S/C18H25N7O/c1-19-15-13(7-6-9-20-15)17(26)25-10-8-12-14(11-25)21-18(24(4)5)22-16(12)23(2)3/h6-7,9H,8,10-11H2,1-5H3,(H,19,20). The summed E-state index contributed by atoms with van der Waals surface area (Å²) >= 11 is 0. The third-order valence-corrected chi connectivity index (χ3v) is 4.42. The number of hydrogen-bond donors (Lipinski definition) is 1. The van der Waals surface area contributed by atoms with E-state index in [0.717, 1.165) is 23.5 Å². The number of aromatic nitrogens is 3. The van der Waals surface area contributed by atoms with Crippen LogP contribution in [0.3, 0.4) is 0 Å². The summed E-state index contributed by atoms with van der Waals surface area (Å²) in [5, 5.41) is 2.99. The van der Waals surface area contributed by atoms with Crippen LogP contribution >= 0.6 is 0 Å². The SMILES string of the molecule is CNc1ncccc1C(=O)N1CCc2c(nc(N(C)C)nc2N(C)C)C1. The van der Waals surface area contributed by atoms with Crippen LogP contribution in [-0.2, 0) is 13.0 Å². The van der Waals surface area contributed by atoms with Gasteiger partial charge in [-0.2, -0.15) is 4.98 Å². The van der Waals surface area contributed by atoms with Crippen LogP contribution in [0.25, 0.3) is 0 Å². The van der Waals surface area contributed by atoms with Gasteiger partial charge in [0.2, 0.25) is 5.95 Å². The molecule has 0 aromatic carbocycles. The summed E-state index contributed by atoms with van der Waals surface area (Å²) in [7, 11) is 9.57. The third-order valence-electron chi connectivity index (χ3n) is 4.42.